The Bertz CT molecular complexity index is 586. The maximum Gasteiger partial charge on any atom is 0.143 e. The third-order valence-electron chi connectivity index (χ3n) is 3.22. The van der Waals surface area contributed by atoms with Gasteiger partial charge in [0.15, 0.2) is 0 Å². The van der Waals surface area contributed by atoms with E-state index in [2.05, 4.69) is 9.88 Å². The van der Waals surface area contributed by atoms with Crippen LogP contribution in [0.5, 0.6) is 11.5 Å². The van der Waals surface area contributed by atoms with E-state index in [-0.39, 0.29) is 11.9 Å². The van der Waals surface area contributed by atoms with Gasteiger partial charge in [-0.3, -0.25) is 4.98 Å². The number of hydrogen-bond donors (Lipinski definition) is 1. The van der Waals surface area contributed by atoms with Crippen LogP contribution in [-0.4, -0.2) is 22.7 Å². The predicted octanol–water partition coefficient (Wildman–Crippen LogP) is 2.57. The quantitative estimate of drug-likeness (QED) is 0.897. The molecule has 0 saturated carbocycles. The summed E-state index contributed by atoms with van der Waals surface area (Å²) in [6, 6.07) is 11.3. The molecule has 1 aliphatic rings. The molecule has 1 aliphatic heterocycles. The summed E-state index contributed by atoms with van der Waals surface area (Å²) < 4.78 is 5.81. The second kappa shape index (κ2) is 4.80. The van der Waals surface area contributed by atoms with Gasteiger partial charge in [-0.15, -0.1) is 0 Å². The Morgan fingerprint density at radius 2 is 2.16 bits per heavy atom. The number of aromatic nitrogens is 1. The van der Waals surface area contributed by atoms with Crippen molar-refractivity contribution in [3.8, 4) is 11.5 Å². The highest BCUT2D eigenvalue weighted by Crippen LogP contribution is 2.34. The molecule has 4 heteroatoms. The van der Waals surface area contributed by atoms with E-state index in [0.29, 0.717) is 12.2 Å². The fourth-order valence-corrected chi connectivity index (χ4v) is 2.36. The van der Waals surface area contributed by atoms with Gasteiger partial charge in [0.1, 0.15) is 23.3 Å². The van der Waals surface area contributed by atoms with Gasteiger partial charge >= 0.3 is 0 Å². The van der Waals surface area contributed by atoms with Crippen LogP contribution in [0.1, 0.15) is 12.6 Å². The van der Waals surface area contributed by atoms with Crippen LogP contribution in [0.3, 0.4) is 0 Å². The van der Waals surface area contributed by atoms with Gasteiger partial charge in [0.2, 0.25) is 0 Å². The zero-order chi connectivity index (χ0) is 13.2. The average Bonchev–Trinajstić information content (AvgIpc) is 2.41. The lowest BCUT2D eigenvalue weighted by atomic mass is 10.2. The van der Waals surface area contributed by atoms with Gasteiger partial charge in [0.05, 0.1) is 18.8 Å². The van der Waals surface area contributed by atoms with Crippen LogP contribution >= 0.6 is 0 Å². The Hall–Kier alpha value is -2.23. The Morgan fingerprint density at radius 3 is 3.00 bits per heavy atom. The average molecular weight is 256 g/mol. The molecule has 2 aromatic rings. The largest absolute Gasteiger partial charge is 0.506 e. The molecule has 1 atom stereocenters. The van der Waals surface area contributed by atoms with Crippen molar-refractivity contribution in [1.29, 1.82) is 0 Å². The number of benzene rings is 1. The van der Waals surface area contributed by atoms with E-state index in [1.54, 1.807) is 18.3 Å². The number of nitrogens with zero attached hydrogens (tertiary/aromatic N) is 2. The van der Waals surface area contributed by atoms with Crippen molar-refractivity contribution in [3.05, 3.63) is 48.3 Å². The molecule has 1 N–H and O–H groups in total. The number of para-hydroxylation sites is 2. The first-order valence-electron chi connectivity index (χ1n) is 6.37. The van der Waals surface area contributed by atoms with E-state index >= 15 is 0 Å². The molecule has 1 aromatic carbocycles. The zero-order valence-corrected chi connectivity index (χ0v) is 10.8. The number of anilines is 1. The Labute approximate surface area is 112 Å². The normalized spacial score (nSPS) is 17.7. The minimum absolute atomic E-state index is 0.126. The third-order valence-corrected chi connectivity index (χ3v) is 3.22. The fraction of sp³-hybridized carbons (Fsp3) is 0.267. The standard InChI is InChI=1S/C15H16N2O2/c1-11-9-17(10-12-14(18)6-4-8-16-12)13-5-2-3-7-15(13)19-11/h2-8,11,18H,9-10H2,1H3. The first kappa shape index (κ1) is 11.8. The van der Waals surface area contributed by atoms with Crippen LogP contribution < -0.4 is 9.64 Å². The highest BCUT2D eigenvalue weighted by atomic mass is 16.5. The molecule has 3 rings (SSSR count). The van der Waals surface area contributed by atoms with Crippen LogP contribution in [0.25, 0.3) is 0 Å². The highest BCUT2D eigenvalue weighted by Gasteiger charge is 2.23. The summed E-state index contributed by atoms with van der Waals surface area (Å²) in [5, 5.41) is 9.83. The summed E-state index contributed by atoms with van der Waals surface area (Å²) in [7, 11) is 0. The summed E-state index contributed by atoms with van der Waals surface area (Å²) >= 11 is 0. The van der Waals surface area contributed by atoms with Crippen LogP contribution in [0.4, 0.5) is 5.69 Å². The SMILES string of the molecule is CC1CN(Cc2ncccc2O)c2ccccc2O1. The highest BCUT2D eigenvalue weighted by molar-refractivity contribution is 5.60. The lowest BCUT2D eigenvalue weighted by Gasteiger charge is -2.34. The minimum atomic E-state index is 0.126. The van der Waals surface area contributed by atoms with E-state index in [1.165, 1.54) is 0 Å². The number of pyridine rings is 1. The van der Waals surface area contributed by atoms with Gasteiger partial charge in [0, 0.05) is 6.20 Å². The van der Waals surface area contributed by atoms with Gasteiger partial charge in [-0.25, -0.2) is 0 Å². The minimum Gasteiger partial charge on any atom is -0.506 e. The molecule has 2 heterocycles. The molecular formula is C15H16N2O2. The van der Waals surface area contributed by atoms with Gasteiger partial charge in [0.25, 0.3) is 0 Å². The van der Waals surface area contributed by atoms with E-state index in [1.807, 2.05) is 31.2 Å². The molecule has 0 amide bonds. The lowest BCUT2D eigenvalue weighted by molar-refractivity contribution is 0.211. The van der Waals surface area contributed by atoms with Crippen LogP contribution in [0.15, 0.2) is 42.6 Å². The fourth-order valence-electron chi connectivity index (χ4n) is 2.36. The van der Waals surface area contributed by atoms with E-state index < -0.39 is 0 Å². The molecule has 0 saturated heterocycles. The van der Waals surface area contributed by atoms with E-state index in [4.69, 9.17) is 4.74 Å². The van der Waals surface area contributed by atoms with Crippen molar-refractivity contribution < 1.29 is 9.84 Å². The number of aromatic hydroxyl groups is 1. The van der Waals surface area contributed by atoms with Crippen molar-refractivity contribution in [2.75, 3.05) is 11.4 Å². The number of ether oxygens (including phenoxy) is 1. The number of rotatable bonds is 2. The predicted molar refractivity (Wildman–Crippen MR) is 73.5 cm³/mol. The van der Waals surface area contributed by atoms with Crippen molar-refractivity contribution in [2.24, 2.45) is 0 Å². The third kappa shape index (κ3) is 2.34. The van der Waals surface area contributed by atoms with Crippen LogP contribution in [-0.2, 0) is 6.54 Å². The molecule has 1 aromatic heterocycles. The van der Waals surface area contributed by atoms with Crippen LogP contribution in [0.2, 0.25) is 0 Å². The Morgan fingerprint density at radius 1 is 1.32 bits per heavy atom. The monoisotopic (exact) mass is 256 g/mol. The van der Waals surface area contributed by atoms with Crippen molar-refractivity contribution in [1.82, 2.24) is 4.98 Å². The number of hydrogen-bond acceptors (Lipinski definition) is 4. The topological polar surface area (TPSA) is 45.6 Å². The van der Waals surface area contributed by atoms with Gasteiger partial charge in [-0.2, -0.15) is 0 Å². The molecule has 0 bridgehead atoms. The summed E-state index contributed by atoms with van der Waals surface area (Å²) in [6.07, 6.45) is 1.82. The smallest absolute Gasteiger partial charge is 0.143 e. The van der Waals surface area contributed by atoms with Gasteiger partial charge in [-0.05, 0) is 31.2 Å². The zero-order valence-electron chi connectivity index (χ0n) is 10.8. The summed E-state index contributed by atoms with van der Waals surface area (Å²) in [5.74, 6) is 1.12. The molecular weight excluding hydrogens is 240 g/mol. The maximum atomic E-state index is 9.83. The molecule has 19 heavy (non-hydrogen) atoms. The van der Waals surface area contributed by atoms with Crippen molar-refractivity contribution in [2.45, 2.75) is 19.6 Å². The molecule has 1 unspecified atom stereocenters. The Kier molecular flexibility index (Phi) is 2.99. The van der Waals surface area contributed by atoms with Crippen molar-refractivity contribution in [3.63, 3.8) is 0 Å². The van der Waals surface area contributed by atoms with Crippen molar-refractivity contribution >= 4 is 5.69 Å². The first-order valence-corrected chi connectivity index (χ1v) is 6.37. The molecule has 0 aliphatic carbocycles. The summed E-state index contributed by atoms with van der Waals surface area (Å²) in [5.41, 5.74) is 1.73. The first-order chi connectivity index (χ1) is 9.24. The van der Waals surface area contributed by atoms with Crippen LogP contribution in [0, 0.1) is 0 Å². The summed E-state index contributed by atoms with van der Waals surface area (Å²) in [6.45, 7) is 3.41. The molecule has 4 nitrogen and oxygen atoms in total. The molecule has 0 radical (unpaired) electrons. The number of fused-ring (bicyclic) bond motifs is 1. The second-order valence-electron chi connectivity index (χ2n) is 4.75. The molecule has 0 fully saturated rings. The maximum absolute atomic E-state index is 9.83. The Balaban J connectivity index is 1.91. The van der Waals surface area contributed by atoms with Gasteiger partial charge in [-0.1, -0.05) is 12.1 Å². The van der Waals surface area contributed by atoms with E-state index in [9.17, 15) is 5.11 Å². The molecule has 98 valence electrons. The van der Waals surface area contributed by atoms with E-state index in [0.717, 1.165) is 18.0 Å². The summed E-state index contributed by atoms with van der Waals surface area (Å²) in [4.78, 5) is 6.42. The molecule has 0 spiro atoms. The lowest BCUT2D eigenvalue weighted by Crippen LogP contribution is -2.38. The van der Waals surface area contributed by atoms with Gasteiger partial charge < -0.3 is 14.7 Å². The second-order valence-corrected chi connectivity index (χ2v) is 4.75.